The lowest BCUT2D eigenvalue weighted by Gasteiger charge is -2.08. The maximum Gasteiger partial charge on any atom is 0.248 e. The lowest BCUT2D eigenvalue weighted by molar-refractivity contribution is -0.111. The van der Waals surface area contributed by atoms with Crippen LogP contribution >= 0.6 is 0 Å². The minimum atomic E-state index is -0.155. The summed E-state index contributed by atoms with van der Waals surface area (Å²) in [5, 5.41) is 3.91. The van der Waals surface area contributed by atoms with E-state index in [-0.39, 0.29) is 5.91 Å². The van der Waals surface area contributed by atoms with Crippen LogP contribution in [0.25, 0.3) is 33.3 Å². The summed E-state index contributed by atoms with van der Waals surface area (Å²) in [6.07, 6.45) is 8.93. The molecule has 3 aromatic heterocycles. The first kappa shape index (κ1) is 21.3. The molecule has 0 saturated carbocycles. The van der Waals surface area contributed by atoms with Gasteiger partial charge in [0.25, 0.3) is 0 Å². The van der Waals surface area contributed by atoms with Gasteiger partial charge in [0, 0.05) is 65.0 Å². The van der Waals surface area contributed by atoms with Gasteiger partial charge in [0.05, 0.1) is 7.11 Å². The van der Waals surface area contributed by atoms with E-state index < -0.39 is 0 Å². The maximum atomic E-state index is 12.2. The Morgan fingerprint density at radius 2 is 1.94 bits per heavy atom. The average molecular weight is 428 g/mol. The van der Waals surface area contributed by atoms with E-state index in [0.29, 0.717) is 12.4 Å². The Kier molecular flexibility index (Phi) is 6.28. The molecule has 162 valence electrons. The normalized spacial score (nSPS) is 11.4. The van der Waals surface area contributed by atoms with Gasteiger partial charge < -0.3 is 19.9 Å². The predicted molar refractivity (Wildman–Crippen MR) is 128 cm³/mol. The van der Waals surface area contributed by atoms with Gasteiger partial charge in [0.1, 0.15) is 5.65 Å². The lowest BCUT2D eigenvalue weighted by Crippen LogP contribution is -2.12. The summed E-state index contributed by atoms with van der Waals surface area (Å²) in [7, 11) is 5.51. The van der Waals surface area contributed by atoms with Crippen LogP contribution in [-0.4, -0.2) is 53.5 Å². The second kappa shape index (κ2) is 9.45. The first-order valence-corrected chi connectivity index (χ1v) is 10.2. The topological polar surface area (TPSA) is 83.1 Å². The molecule has 0 aliphatic rings. The van der Waals surface area contributed by atoms with E-state index in [1.807, 2.05) is 73.9 Å². The first-order chi connectivity index (χ1) is 15.5. The van der Waals surface area contributed by atoms with Crippen LogP contribution in [0.5, 0.6) is 5.88 Å². The summed E-state index contributed by atoms with van der Waals surface area (Å²) in [4.78, 5) is 26.3. The van der Waals surface area contributed by atoms with Gasteiger partial charge in [-0.3, -0.25) is 4.79 Å². The molecule has 1 aromatic carbocycles. The largest absolute Gasteiger partial charge is 0.481 e. The predicted octanol–water partition coefficient (Wildman–Crippen LogP) is 4.36. The van der Waals surface area contributed by atoms with Gasteiger partial charge in [-0.2, -0.15) is 0 Å². The van der Waals surface area contributed by atoms with Gasteiger partial charge in [-0.05, 0) is 43.9 Å². The van der Waals surface area contributed by atoms with Gasteiger partial charge in [-0.25, -0.2) is 9.97 Å². The summed E-state index contributed by atoms with van der Waals surface area (Å²) >= 11 is 0. The Balaban J connectivity index is 1.60. The number of nitrogens with zero attached hydrogens (tertiary/aromatic N) is 3. The number of carbonyl (C=O) groups is 1. The molecule has 7 nitrogen and oxygen atoms in total. The SMILES string of the molecule is COc1ccc(-c2c[nH]c3ncc(-c4cccc(NC(=O)C=CCN(C)C)c4)cc23)cn1. The summed E-state index contributed by atoms with van der Waals surface area (Å²) in [6, 6.07) is 13.6. The fourth-order valence-electron chi connectivity index (χ4n) is 3.39. The highest BCUT2D eigenvalue weighted by molar-refractivity contribution is 6.00. The Morgan fingerprint density at radius 3 is 2.69 bits per heavy atom. The first-order valence-electron chi connectivity index (χ1n) is 10.2. The molecule has 3 heterocycles. The van der Waals surface area contributed by atoms with Crippen molar-refractivity contribution in [1.29, 1.82) is 0 Å². The third kappa shape index (κ3) is 4.84. The van der Waals surface area contributed by atoms with E-state index in [0.717, 1.165) is 39.0 Å². The van der Waals surface area contributed by atoms with E-state index >= 15 is 0 Å². The molecule has 0 aliphatic carbocycles. The molecule has 0 unspecified atom stereocenters. The molecule has 0 atom stereocenters. The highest BCUT2D eigenvalue weighted by atomic mass is 16.5. The quantitative estimate of drug-likeness (QED) is 0.428. The average Bonchev–Trinajstić information content (AvgIpc) is 3.22. The molecule has 0 saturated heterocycles. The Labute approximate surface area is 186 Å². The minimum absolute atomic E-state index is 0.155. The van der Waals surface area contributed by atoms with Gasteiger partial charge >= 0.3 is 0 Å². The Morgan fingerprint density at radius 1 is 1.09 bits per heavy atom. The highest BCUT2D eigenvalue weighted by Crippen LogP contribution is 2.31. The van der Waals surface area contributed by atoms with Crippen LogP contribution in [0.3, 0.4) is 0 Å². The van der Waals surface area contributed by atoms with Crippen molar-refractivity contribution in [3.05, 3.63) is 73.2 Å². The number of pyridine rings is 2. The van der Waals surface area contributed by atoms with Crippen LogP contribution in [0.4, 0.5) is 5.69 Å². The van der Waals surface area contributed by atoms with Crippen LogP contribution in [0.1, 0.15) is 0 Å². The molecule has 4 rings (SSSR count). The van der Waals surface area contributed by atoms with Crippen molar-refractivity contribution in [2.45, 2.75) is 0 Å². The number of hydrogen-bond acceptors (Lipinski definition) is 5. The molecule has 0 aliphatic heterocycles. The van der Waals surface area contributed by atoms with Gasteiger partial charge in [-0.15, -0.1) is 0 Å². The number of hydrogen-bond donors (Lipinski definition) is 2. The second-order valence-corrected chi connectivity index (χ2v) is 7.65. The number of carbonyl (C=O) groups excluding carboxylic acids is 1. The molecule has 2 N–H and O–H groups in total. The van der Waals surface area contributed by atoms with Crippen molar-refractivity contribution in [3.8, 4) is 28.1 Å². The molecule has 32 heavy (non-hydrogen) atoms. The number of methoxy groups -OCH3 is 1. The number of benzene rings is 1. The van der Waals surface area contributed by atoms with Crippen LogP contribution in [-0.2, 0) is 4.79 Å². The van der Waals surface area contributed by atoms with Gasteiger partial charge in [0.15, 0.2) is 0 Å². The maximum absolute atomic E-state index is 12.2. The van der Waals surface area contributed by atoms with E-state index in [1.165, 1.54) is 0 Å². The molecule has 0 spiro atoms. The molecule has 1 amide bonds. The van der Waals surface area contributed by atoms with Crippen molar-refractivity contribution in [2.24, 2.45) is 0 Å². The fraction of sp³-hybridized carbons (Fsp3) is 0.160. The van der Waals surface area contributed by atoms with Crippen LogP contribution in [0.15, 0.2) is 73.2 Å². The number of rotatable bonds is 7. The van der Waals surface area contributed by atoms with Crippen molar-refractivity contribution in [2.75, 3.05) is 33.1 Å². The van der Waals surface area contributed by atoms with Crippen LogP contribution < -0.4 is 10.1 Å². The Bertz CT molecular complexity index is 1260. The summed E-state index contributed by atoms with van der Waals surface area (Å²) in [5.41, 5.74) is 5.45. The number of aromatic amines is 1. The highest BCUT2D eigenvalue weighted by Gasteiger charge is 2.10. The number of H-pyrrole nitrogens is 1. The zero-order valence-electron chi connectivity index (χ0n) is 18.3. The third-order valence-electron chi connectivity index (χ3n) is 4.99. The second-order valence-electron chi connectivity index (χ2n) is 7.65. The molecule has 0 fully saturated rings. The summed E-state index contributed by atoms with van der Waals surface area (Å²) in [5.74, 6) is 0.417. The van der Waals surface area contributed by atoms with Crippen LogP contribution in [0.2, 0.25) is 0 Å². The minimum Gasteiger partial charge on any atom is -0.481 e. The number of aromatic nitrogens is 3. The zero-order valence-corrected chi connectivity index (χ0v) is 18.3. The number of nitrogens with one attached hydrogen (secondary N) is 2. The van der Waals surface area contributed by atoms with Gasteiger partial charge in [0.2, 0.25) is 11.8 Å². The molecule has 4 aromatic rings. The standard InChI is InChI=1S/C25H25N5O2/c1-30(2)11-5-8-23(31)29-20-7-4-6-17(12-20)19-13-21-22(16-28-25(21)27-15-19)18-9-10-24(32-3)26-14-18/h4-10,12-16H,11H2,1-3H3,(H,27,28)(H,29,31). The van der Waals surface area contributed by atoms with Gasteiger partial charge in [-0.1, -0.05) is 18.2 Å². The summed E-state index contributed by atoms with van der Waals surface area (Å²) < 4.78 is 5.15. The monoisotopic (exact) mass is 427 g/mol. The molecule has 0 radical (unpaired) electrons. The zero-order chi connectivity index (χ0) is 22.5. The molecular weight excluding hydrogens is 402 g/mol. The van der Waals surface area contributed by atoms with Crippen LogP contribution in [0, 0.1) is 0 Å². The van der Waals surface area contributed by atoms with Crippen molar-refractivity contribution >= 4 is 22.6 Å². The fourth-order valence-corrected chi connectivity index (χ4v) is 3.39. The van der Waals surface area contributed by atoms with E-state index in [2.05, 4.69) is 26.3 Å². The molecular formula is C25H25N5O2. The van der Waals surface area contributed by atoms with Crippen molar-refractivity contribution in [1.82, 2.24) is 19.9 Å². The third-order valence-corrected chi connectivity index (χ3v) is 4.99. The number of ether oxygens (including phenoxy) is 1. The van der Waals surface area contributed by atoms with E-state index in [1.54, 1.807) is 19.4 Å². The number of likely N-dealkylation sites (N-methyl/N-ethyl adjacent to an activating group) is 1. The number of fused-ring (bicyclic) bond motifs is 1. The summed E-state index contributed by atoms with van der Waals surface area (Å²) in [6.45, 7) is 0.710. The molecule has 7 heteroatoms. The van der Waals surface area contributed by atoms with Crippen molar-refractivity contribution in [3.63, 3.8) is 0 Å². The van der Waals surface area contributed by atoms with E-state index in [9.17, 15) is 4.79 Å². The Hall–Kier alpha value is -3.97. The molecule has 0 bridgehead atoms. The van der Waals surface area contributed by atoms with Crippen molar-refractivity contribution < 1.29 is 9.53 Å². The lowest BCUT2D eigenvalue weighted by atomic mass is 10.0. The number of amides is 1. The smallest absolute Gasteiger partial charge is 0.248 e. The number of anilines is 1. The van der Waals surface area contributed by atoms with E-state index in [4.69, 9.17) is 4.74 Å².